The van der Waals surface area contributed by atoms with Crippen molar-refractivity contribution < 1.29 is 4.74 Å². The Bertz CT molecular complexity index is 568. The minimum Gasteiger partial charge on any atom is -0.484 e. The van der Waals surface area contributed by atoms with Gasteiger partial charge in [-0.2, -0.15) is 0 Å². The van der Waals surface area contributed by atoms with E-state index in [1.165, 1.54) is 5.56 Å². The van der Waals surface area contributed by atoms with Crippen molar-refractivity contribution >= 4 is 11.6 Å². The van der Waals surface area contributed by atoms with Gasteiger partial charge >= 0.3 is 0 Å². The van der Waals surface area contributed by atoms with Crippen LogP contribution in [0.5, 0.6) is 5.75 Å². The van der Waals surface area contributed by atoms with Crippen LogP contribution in [0.2, 0.25) is 5.02 Å². The molecule has 2 aromatic carbocycles. The lowest BCUT2D eigenvalue weighted by Gasteiger charge is -2.24. The molecule has 0 spiro atoms. The van der Waals surface area contributed by atoms with Crippen molar-refractivity contribution in [3.05, 3.63) is 64.7 Å². The molecule has 0 aliphatic carbocycles. The minimum atomic E-state index is -0.254. The first-order valence-electron chi connectivity index (χ1n) is 6.87. The smallest absolute Gasteiger partial charge is 0.140 e. The topological polar surface area (TPSA) is 35.2 Å². The van der Waals surface area contributed by atoms with Gasteiger partial charge in [0.25, 0.3) is 0 Å². The third-order valence-electron chi connectivity index (χ3n) is 3.26. The Balaban J connectivity index is 2.28. The van der Waals surface area contributed by atoms with Crippen molar-refractivity contribution in [2.75, 3.05) is 0 Å². The van der Waals surface area contributed by atoms with Crippen molar-refractivity contribution in [1.29, 1.82) is 0 Å². The monoisotopic (exact) mass is 289 g/mol. The van der Waals surface area contributed by atoms with Gasteiger partial charge in [0.15, 0.2) is 0 Å². The van der Waals surface area contributed by atoms with E-state index in [1.807, 2.05) is 49.4 Å². The predicted octanol–water partition coefficient (Wildman–Crippen LogP) is 4.37. The van der Waals surface area contributed by atoms with Gasteiger partial charge in [0.1, 0.15) is 11.9 Å². The summed E-state index contributed by atoms with van der Waals surface area (Å²) in [4.78, 5) is 0. The fourth-order valence-corrected chi connectivity index (χ4v) is 2.39. The van der Waals surface area contributed by atoms with Crippen LogP contribution >= 0.6 is 11.6 Å². The van der Waals surface area contributed by atoms with Crippen molar-refractivity contribution in [3.63, 3.8) is 0 Å². The van der Waals surface area contributed by atoms with Crippen LogP contribution < -0.4 is 10.5 Å². The molecule has 2 unspecified atom stereocenters. The first-order chi connectivity index (χ1) is 9.61. The molecule has 106 valence electrons. The Morgan fingerprint density at radius 1 is 1.15 bits per heavy atom. The van der Waals surface area contributed by atoms with Crippen molar-refractivity contribution in [2.24, 2.45) is 5.73 Å². The summed E-state index contributed by atoms with van der Waals surface area (Å²) in [7, 11) is 0. The molecule has 2 atom stereocenters. The van der Waals surface area contributed by atoms with Crippen LogP contribution in [-0.2, 0) is 6.42 Å². The van der Waals surface area contributed by atoms with Gasteiger partial charge in [-0.25, -0.2) is 0 Å². The summed E-state index contributed by atoms with van der Waals surface area (Å²) in [5, 5.41) is 0.682. The molecule has 0 aromatic heterocycles. The molecule has 0 fully saturated rings. The van der Waals surface area contributed by atoms with Crippen LogP contribution in [0.3, 0.4) is 0 Å². The molecule has 0 bridgehead atoms. The summed E-state index contributed by atoms with van der Waals surface area (Å²) in [5.41, 5.74) is 8.24. The highest BCUT2D eigenvalue weighted by atomic mass is 35.5. The molecule has 0 saturated carbocycles. The van der Waals surface area contributed by atoms with Crippen LogP contribution in [0.4, 0.5) is 0 Å². The largest absolute Gasteiger partial charge is 0.484 e. The zero-order chi connectivity index (χ0) is 14.5. The minimum absolute atomic E-state index is 0.153. The second-order valence-electron chi connectivity index (χ2n) is 4.92. The van der Waals surface area contributed by atoms with Gasteiger partial charge in [-0.3, -0.25) is 0 Å². The average Bonchev–Trinajstić information content (AvgIpc) is 2.45. The van der Waals surface area contributed by atoms with E-state index < -0.39 is 0 Å². The lowest BCUT2D eigenvalue weighted by Crippen LogP contribution is -2.29. The zero-order valence-electron chi connectivity index (χ0n) is 11.8. The molecule has 2 nitrogen and oxygen atoms in total. The first kappa shape index (κ1) is 14.9. The zero-order valence-corrected chi connectivity index (χ0v) is 12.6. The van der Waals surface area contributed by atoms with Gasteiger partial charge in [-0.05, 0) is 37.1 Å². The maximum absolute atomic E-state index is 6.25. The van der Waals surface area contributed by atoms with Crippen molar-refractivity contribution in [2.45, 2.75) is 32.4 Å². The van der Waals surface area contributed by atoms with E-state index in [0.717, 1.165) is 17.7 Å². The summed E-state index contributed by atoms with van der Waals surface area (Å²) in [5.74, 6) is 0.826. The SMILES string of the molecule is CCc1cccc(OC(c2ccccc2Cl)C(C)N)c1. The maximum atomic E-state index is 6.25. The Hall–Kier alpha value is -1.51. The van der Waals surface area contributed by atoms with Gasteiger partial charge in [-0.1, -0.05) is 48.9 Å². The number of hydrogen-bond acceptors (Lipinski definition) is 2. The Kier molecular flexibility index (Phi) is 5.05. The van der Waals surface area contributed by atoms with Crippen molar-refractivity contribution in [1.82, 2.24) is 0 Å². The summed E-state index contributed by atoms with van der Waals surface area (Å²) in [6.45, 7) is 4.05. The van der Waals surface area contributed by atoms with E-state index in [0.29, 0.717) is 5.02 Å². The lowest BCUT2D eigenvalue weighted by molar-refractivity contribution is 0.180. The average molecular weight is 290 g/mol. The Morgan fingerprint density at radius 2 is 1.90 bits per heavy atom. The van der Waals surface area contributed by atoms with E-state index in [4.69, 9.17) is 22.1 Å². The molecule has 2 rings (SSSR count). The maximum Gasteiger partial charge on any atom is 0.140 e. The van der Waals surface area contributed by atoms with E-state index in [2.05, 4.69) is 13.0 Å². The summed E-state index contributed by atoms with van der Waals surface area (Å²) < 4.78 is 6.08. The number of hydrogen-bond donors (Lipinski definition) is 1. The normalized spacial score (nSPS) is 13.8. The molecular formula is C17H20ClNO. The van der Waals surface area contributed by atoms with Gasteiger partial charge in [-0.15, -0.1) is 0 Å². The number of halogens is 1. The Morgan fingerprint density at radius 3 is 2.55 bits per heavy atom. The van der Waals surface area contributed by atoms with Gasteiger partial charge in [0.05, 0.1) is 0 Å². The standard InChI is InChI=1S/C17H20ClNO/c1-3-13-7-6-8-14(11-13)20-17(12(2)19)15-9-4-5-10-16(15)18/h4-12,17H,3,19H2,1-2H3. The van der Waals surface area contributed by atoms with E-state index in [1.54, 1.807) is 0 Å². The third-order valence-corrected chi connectivity index (χ3v) is 3.60. The molecule has 2 aromatic rings. The fraction of sp³-hybridized carbons (Fsp3) is 0.294. The highest BCUT2D eigenvalue weighted by molar-refractivity contribution is 6.31. The van der Waals surface area contributed by atoms with E-state index in [-0.39, 0.29) is 12.1 Å². The van der Waals surface area contributed by atoms with E-state index >= 15 is 0 Å². The van der Waals surface area contributed by atoms with Gasteiger partial charge in [0.2, 0.25) is 0 Å². The highest BCUT2D eigenvalue weighted by Crippen LogP contribution is 2.29. The lowest BCUT2D eigenvalue weighted by atomic mass is 10.0. The number of ether oxygens (including phenoxy) is 1. The molecule has 0 aliphatic rings. The Labute approximate surface area is 125 Å². The molecular weight excluding hydrogens is 270 g/mol. The third kappa shape index (κ3) is 3.53. The molecule has 0 radical (unpaired) electrons. The summed E-state index contributed by atoms with van der Waals surface area (Å²) >= 11 is 6.25. The molecule has 3 heteroatoms. The molecule has 0 amide bonds. The van der Waals surface area contributed by atoms with Crippen LogP contribution in [0.15, 0.2) is 48.5 Å². The van der Waals surface area contributed by atoms with Crippen LogP contribution in [-0.4, -0.2) is 6.04 Å². The quantitative estimate of drug-likeness (QED) is 0.887. The van der Waals surface area contributed by atoms with Crippen LogP contribution in [0.25, 0.3) is 0 Å². The number of nitrogens with two attached hydrogens (primary N) is 1. The summed E-state index contributed by atoms with van der Waals surface area (Å²) in [6, 6.07) is 15.6. The highest BCUT2D eigenvalue weighted by Gasteiger charge is 2.20. The van der Waals surface area contributed by atoms with Crippen molar-refractivity contribution in [3.8, 4) is 5.75 Å². The fourth-order valence-electron chi connectivity index (χ4n) is 2.15. The molecule has 0 saturated heterocycles. The number of rotatable bonds is 5. The van der Waals surface area contributed by atoms with Crippen LogP contribution in [0.1, 0.15) is 31.1 Å². The van der Waals surface area contributed by atoms with E-state index in [9.17, 15) is 0 Å². The molecule has 2 N–H and O–H groups in total. The second-order valence-corrected chi connectivity index (χ2v) is 5.33. The first-order valence-corrected chi connectivity index (χ1v) is 7.25. The van der Waals surface area contributed by atoms with Crippen LogP contribution in [0, 0.1) is 0 Å². The molecule has 0 aliphatic heterocycles. The molecule has 20 heavy (non-hydrogen) atoms. The number of benzene rings is 2. The second kappa shape index (κ2) is 6.78. The number of aryl methyl sites for hydroxylation is 1. The van der Waals surface area contributed by atoms with Gasteiger partial charge in [0, 0.05) is 16.6 Å². The molecule has 0 heterocycles. The summed E-state index contributed by atoms with van der Waals surface area (Å²) in [6.07, 6.45) is 0.724. The predicted molar refractivity (Wildman–Crippen MR) is 84.3 cm³/mol. The van der Waals surface area contributed by atoms with Gasteiger partial charge < -0.3 is 10.5 Å².